The lowest BCUT2D eigenvalue weighted by molar-refractivity contribution is -0.146. The zero-order chi connectivity index (χ0) is 12.5. The van der Waals surface area contributed by atoms with Crippen LogP contribution in [0, 0.1) is 0 Å². The molecule has 0 radical (unpaired) electrons. The van der Waals surface area contributed by atoms with E-state index in [1.54, 1.807) is 6.92 Å². The fourth-order valence-corrected chi connectivity index (χ4v) is 1.98. The molecule has 3 N–H and O–H groups in total. The molecule has 0 unspecified atom stereocenters. The van der Waals surface area contributed by atoms with Crippen LogP contribution >= 0.6 is 0 Å². The summed E-state index contributed by atoms with van der Waals surface area (Å²) in [5, 5.41) is 1.09. The highest BCUT2D eigenvalue weighted by Gasteiger charge is 2.30. The molecule has 4 nitrogen and oxygen atoms in total. The lowest BCUT2D eigenvalue weighted by Gasteiger charge is -2.20. The van der Waals surface area contributed by atoms with Crippen LogP contribution in [0.2, 0.25) is 0 Å². The Morgan fingerprint density at radius 2 is 2.18 bits per heavy atom. The van der Waals surface area contributed by atoms with E-state index < -0.39 is 11.5 Å². The SMILES string of the molecule is COC(=O)[C@@]([11CH3])(N)Cc1c[nH]c2ccccc12. The zero-order valence-electron chi connectivity index (χ0n) is 9.99. The zero-order valence-corrected chi connectivity index (χ0v) is 9.99. The number of rotatable bonds is 3. The van der Waals surface area contributed by atoms with Crippen molar-refractivity contribution in [1.29, 1.82) is 0 Å². The monoisotopic (exact) mass is 231 g/mol. The van der Waals surface area contributed by atoms with E-state index >= 15 is 0 Å². The number of benzene rings is 1. The van der Waals surface area contributed by atoms with E-state index in [-0.39, 0.29) is 0 Å². The Bertz CT molecular complexity index is 543. The number of esters is 1. The van der Waals surface area contributed by atoms with Crippen LogP contribution in [0.1, 0.15) is 12.5 Å². The number of H-pyrrole nitrogens is 1. The molecule has 1 aromatic carbocycles. The summed E-state index contributed by atoms with van der Waals surface area (Å²) in [5.74, 6) is -0.400. The number of methoxy groups -OCH3 is 1. The van der Waals surface area contributed by atoms with Crippen molar-refractivity contribution >= 4 is 16.9 Å². The maximum atomic E-state index is 11.5. The van der Waals surface area contributed by atoms with Crippen molar-refractivity contribution in [1.82, 2.24) is 4.98 Å². The van der Waals surface area contributed by atoms with Gasteiger partial charge in [-0.05, 0) is 18.6 Å². The van der Waals surface area contributed by atoms with Crippen LogP contribution in [0.3, 0.4) is 0 Å². The minimum absolute atomic E-state index is 0.400. The van der Waals surface area contributed by atoms with Gasteiger partial charge in [0.15, 0.2) is 0 Å². The molecule has 17 heavy (non-hydrogen) atoms. The van der Waals surface area contributed by atoms with Gasteiger partial charge in [0.05, 0.1) is 7.11 Å². The van der Waals surface area contributed by atoms with E-state index in [0.29, 0.717) is 6.42 Å². The smallest absolute Gasteiger partial charge is 0.325 e. The third-order valence-corrected chi connectivity index (χ3v) is 2.88. The molecular formula is C13H16N2O2. The van der Waals surface area contributed by atoms with Crippen molar-refractivity contribution in [3.63, 3.8) is 0 Å². The maximum absolute atomic E-state index is 11.5. The lowest BCUT2D eigenvalue weighted by atomic mass is 9.79. The van der Waals surface area contributed by atoms with Gasteiger partial charge in [-0.15, -0.1) is 0 Å². The Hall–Kier alpha value is -1.81. The number of fused-ring (bicyclic) bond motifs is 1. The molecule has 0 bridgehead atoms. The Labute approximate surface area is 99.8 Å². The third kappa shape index (κ3) is 2.17. The number of nitrogens with two attached hydrogens (primary N) is 1. The second kappa shape index (κ2) is 4.22. The van der Waals surface area contributed by atoms with Gasteiger partial charge in [-0.1, -0.05) is 18.2 Å². The van der Waals surface area contributed by atoms with E-state index in [1.807, 2.05) is 30.5 Å². The molecule has 1 atom stereocenters. The minimum atomic E-state index is -1.00. The molecule has 0 saturated heterocycles. The van der Waals surface area contributed by atoms with Gasteiger partial charge in [0.2, 0.25) is 0 Å². The van der Waals surface area contributed by atoms with E-state index in [9.17, 15) is 4.79 Å². The van der Waals surface area contributed by atoms with Crippen LogP contribution in [0.15, 0.2) is 30.5 Å². The molecule has 0 spiro atoms. The predicted octanol–water partition coefficient (Wildman–Crippen LogP) is 1.60. The summed E-state index contributed by atoms with van der Waals surface area (Å²) in [6.45, 7) is 1.68. The molecule has 0 aliphatic rings. The van der Waals surface area contributed by atoms with E-state index in [4.69, 9.17) is 10.5 Å². The lowest BCUT2D eigenvalue weighted by Crippen LogP contribution is -2.47. The number of nitrogens with one attached hydrogen (secondary N) is 1. The molecule has 0 aliphatic heterocycles. The average Bonchev–Trinajstić information content (AvgIpc) is 2.71. The fourth-order valence-electron chi connectivity index (χ4n) is 1.98. The quantitative estimate of drug-likeness (QED) is 0.788. The average molecular weight is 231 g/mol. The first-order chi connectivity index (χ1) is 8.04. The highest BCUT2D eigenvalue weighted by atomic mass is 16.5. The molecule has 1 heterocycles. The van der Waals surface area contributed by atoms with Gasteiger partial charge in [-0.3, -0.25) is 4.79 Å². The Balaban J connectivity index is 2.33. The van der Waals surface area contributed by atoms with Crippen molar-refractivity contribution in [3.8, 4) is 0 Å². The number of para-hydroxylation sites is 1. The predicted molar refractivity (Wildman–Crippen MR) is 66.6 cm³/mol. The fraction of sp³-hybridized carbons (Fsp3) is 0.308. The minimum Gasteiger partial charge on any atom is -0.468 e. The van der Waals surface area contributed by atoms with Crippen molar-refractivity contribution in [3.05, 3.63) is 36.0 Å². The second-order valence-corrected chi connectivity index (χ2v) is 4.45. The molecule has 0 aliphatic carbocycles. The maximum Gasteiger partial charge on any atom is 0.325 e. The molecule has 4 heteroatoms. The van der Waals surface area contributed by atoms with Crippen LogP contribution in [0.5, 0.6) is 0 Å². The van der Waals surface area contributed by atoms with Gasteiger partial charge in [0.1, 0.15) is 5.54 Å². The molecule has 0 fully saturated rings. The van der Waals surface area contributed by atoms with Crippen LogP contribution in [0.25, 0.3) is 10.9 Å². The summed E-state index contributed by atoms with van der Waals surface area (Å²) in [5.41, 5.74) is 7.03. The topological polar surface area (TPSA) is 68.1 Å². The number of carbonyl (C=O) groups excluding carboxylic acids is 1. The van der Waals surface area contributed by atoms with Gasteiger partial charge in [-0.2, -0.15) is 0 Å². The summed E-state index contributed by atoms with van der Waals surface area (Å²) in [6, 6.07) is 7.93. The first-order valence-corrected chi connectivity index (χ1v) is 5.47. The molecule has 0 amide bonds. The van der Waals surface area contributed by atoms with E-state index in [2.05, 4.69) is 4.98 Å². The van der Waals surface area contributed by atoms with E-state index in [0.717, 1.165) is 16.5 Å². The molecule has 0 saturated carbocycles. The summed E-state index contributed by atoms with van der Waals surface area (Å²) < 4.78 is 4.70. The van der Waals surface area contributed by atoms with Gasteiger partial charge in [0, 0.05) is 23.5 Å². The number of aromatic amines is 1. The van der Waals surface area contributed by atoms with Crippen molar-refractivity contribution in [2.24, 2.45) is 5.73 Å². The molecule has 2 rings (SSSR count). The number of carbonyl (C=O) groups is 1. The second-order valence-electron chi connectivity index (χ2n) is 4.45. The highest BCUT2D eigenvalue weighted by Crippen LogP contribution is 2.21. The first-order valence-electron chi connectivity index (χ1n) is 5.47. The van der Waals surface area contributed by atoms with Crippen LogP contribution in [0.4, 0.5) is 0 Å². The summed E-state index contributed by atoms with van der Waals surface area (Å²) >= 11 is 0. The van der Waals surface area contributed by atoms with Gasteiger partial charge in [0.25, 0.3) is 0 Å². The first kappa shape index (κ1) is 11.7. The van der Waals surface area contributed by atoms with E-state index in [1.165, 1.54) is 7.11 Å². The van der Waals surface area contributed by atoms with Crippen molar-refractivity contribution in [2.45, 2.75) is 18.9 Å². The third-order valence-electron chi connectivity index (χ3n) is 2.88. The van der Waals surface area contributed by atoms with Crippen molar-refractivity contribution in [2.75, 3.05) is 7.11 Å². The molecule has 1 aromatic heterocycles. The number of aromatic nitrogens is 1. The Morgan fingerprint density at radius 3 is 2.88 bits per heavy atom. The normalized spacial score (nSPS) is 14.5. The van der Waals surface area contributed by atoms with Crippen LogP contribution < -0.4 is 5.73 Å². The Morgan fingerprint density at radius 1 is 1.47 bits per heavy atom. The number of hydrogen-bond donors (Lipinski definition) is 2. The van der Waals surface area contributed by atoms with Gasteiger partial charge >= 0.3 is 5.97 Å². The molecular weight excluding hydrogens is 215 g/mol. The molecule has 2 aromatic rings. The van der Waals surface area contributed by atoms with Gasteiger partial charge in [-0.25, -0.2) is 0 Å². The Kier molecular flexibility index (Phi) is 2.90. The largest absolute Gasteiger partial charge is 0.468 e. The summed E-state index contributed by atoms with van der Waals surface area (Å²) in [7, 11) is 1.35. The standard InChI is InChI=1S/C13H16N2O2/c1-13(14,12(16)17-2)7-9-8-15-11-6-4-3-5-10(9)11/h3-6,8,15H,7,14H2,1-2H3/t13-/m0/s1/i1-1. The van der Waals surface area contributed by atoms with Crippen LogP contribution in [-0.4, -0.2) is 23.6 Å². The summed E-state index contributed by atoms with van der Waals surface area (Å²) in [4.78, 5) is 14.7. The number of ether oxygens (including phenoxy) is 1. The van der Waals surface area contributed by atoms with Crippen LogP contribution in [-0.2, 0) is 16.0 Å². The number of hydrogen-bond acceptors (Lipinski definition) is 3. The summed E-state index contributed by atoms with van der Waals surface area (Å²) in [6.07, 6.45) is 2.34. The van der Waals surface area contributed by atoms with Gasteiger partial charge < -0.3 is 15.5 Å². The molecule has 90 valence electrons. The highest BCUT2D eigenvalue weighted by molar-refractivity contribution is 5.85. The van der Waals surface area contributed by atoms with Crippen molar-refractivity contribution < 1.29 is 9.53 Å².